The number of sulfone groups is 1. The van der Waals surface area contributed by atoms with Gasteiger partial charge < -0.3 is 24.4 Å². The summed E-state index contributed by atoms with van der Waals surface area (Å²) in [6, 6.07) is 11.9. The molecule has 3 heterocycles. The van der Waals surface area contributed by atoms with Gasteiger partial charge in [0.1, 0.15) is 11.2 Å². The average molecular weight is 526 g/mol. The van der Waals surface area contributed by atoms with Gasteiger partial charge in [-0.15, -0.1) is 0 Å². The fourth-order valence-corrected chi connectivity index (χ4v) is 5.66. The molecule has 1 N–H and O–H groups in total. The topological polar surface area (TPSA) is 96.8 Å². The van der Waals surface area contributed by atoms with E-state index in [1.807, 2.05) is 39.1 Å². The van der Waals surface area contributed by atoms with Crippen LogP contribution in [0.5, 0.6) is 0 Å². The van der Waals surface area contributed by atoms with Gasteiger partial charge in [-0.1, -0.05) is 0 Å². The van der Waals surface area contributed by atoms with Crippen LogP contribution in [-0.2, 0) is 14.6 Å². The molecule has 1 aromatic carbocycles. The van der Waals surface area contributed by atoms with Crippen LogP contribution in [0.2, 0.25) is 0 Å². The number of hydrogen-bond donors (Lipinski definition) is 1. The first-order valence-electron chi connectivity index (χ1n) is 12.7. The highest BCUT2D eigenvalue weighted by Gasteiger charge is 2.33. The molecule has 9 nitrogen and oxygen atoms in total. The standard InChI is InChI=1S/C27H35N5O4S/c1-27(2,3)36-26(33)29-20-16-22(17-20)32-10-9-19-15-23(18-28-25(19)32)31-13-11-30(12-14-31)21-5-7-24(8-6-21)37(4,34)35/h5-10,15,18,20,22H,11-14,16-17H2,1-4H3,(H,29,33)/t20-,22-. The summed E-state index contributed by atoms with van der Waals surface area (Å²) in [7, 11) is -3.19. The number of fused-ring (bicyclic) bond motifs is 1. The molecule has 0 radical (unpaired) electrons. The lowest BCUT2D eigenvalue weighted by molar-refractivity contribution is 0.0457. The number of carbonyl (C=O) groups excluding carboxylic acids is 1. The molecule has 2 fully saturated rings. The lowest BCUT2D eigenvalue weighted by atomic mass is 9.86. The van der Waals surface area contributed by atoms with Crippen molar-refractivity contribution in [2.75, 3.05) is 42.2 Å². The Balaban J connectivity index is 1.17. The van der Waals surface area contributed by atoms with E-state index in [2.05, 4.69) is 38.0 Å². The van der Waals surface area contributed by atoms with E-state index >= 15 is 0 Å². The van der Waals surface area contributed by atoms with Gasteiger partial charge in [0.25, 0.3) is 0 Å². The van der Waals surface area contributed by atoms with E-state index in [1.54, 1.807) is 12.1 Å². The first-order valence-corrected chi connectivity index (χ1v) is 14.6. The number of anilines is 2. The molecule has 198 valence electrons. The molecule has 3 aromatic rings. The second-order valence-electron chi connectivity index (χ2n) is 11.0. The lowest BCUT2D eigenvalue weighted by Crippen LogP contribution is -2.46. The van der Waals surface area contributed by atoms with Crippen LogP contribution in [0.1, 0.15) is 39.7 Å². The molecule has 2 aliphatic rings. The molecule has 10 heteroatoms. The molecule has 0 atom stereocenters. The summed E-state index contributed by atoms with van der Waals surface area (Å²) >= 11 is 0. The lowest BCUT2D eigenvalue weighted by Gasteiger charge is -2.38. The van der Waals surface area contributed by atoms with E-state index in [0.717, 1.165) is 61.4 Å². The van der Waals surface area contributed by atoms with Crippen molar-refractivity contribution in [3.05, 3.63) is 48.8 Å². The number of nitrogens with one attached hydrogen (secondary N) is 1. The molecule has 1 amide bonds. The number of amides is 1. The molecule has 37 heavy (non-hydrogen) atoms. The Bertz CT molecular complexity index is 1380. The Morgan fingerprint density at radius 1 is 1.00 bits per heavy atom. The summed E-state index contributed by atoms with van der Waals surface area (Å²) < 4.78 is 31.0. The maximum atomic E-state index is 12.0. The quantitative estimate of drug-likeness (QED) is 0.538. The molecule has 1 saturated heterocycles. The molecule has 5 rings (SSSR count). The van der Waals surface area contributed by atoms with Crippen LogP contribution < -0.4 is 15.1 Å². The zero-order valence-corrected chi connectivity index (χ0v) is 22.7. The van der Waals surface area contributed by atoms with E-state index in [4.69, 9.17) is 9.72 Å². The number of pyridine rings is 1. The van der Waals surface area contributed by atoms with Gasteiger partial charge in [0.05, 0.1) is 16.8 Å². The first kappa shape index (κ1) is 25.4. The number of rotatable bonds is 5. The number of hydrogen-bond acceptors (Lipinski definition) is 7. The minimum Gasteiger partial charge on any atom is -0.444 e. The normalized spacial score (nSPS) is 20.5. The second-order valence-corrected chi connectivity index (χ2v) is 13.1. The SMILES string of the molecule is CC(C)(C)OC(=O)N[C@H]1C[C@H](n2ccc3cc(N4CCN(c5ccc(S(C)(=O)=O)cc5)CC4)cnc32)C1. The Morgan fingerprint density at radius 3 is 2.22 bits per heavy atom. The number of nitrogens with zero attached hydrogens (tertiary/aromatic N) is 4. The van der Waals surface area contributed by atoms with Crippen molar-refractivity contribution in [2.45, 2.75) is 56.2 Å². The van der Waals surface area contributed by atoms with Gasteiger partial charge >= 0.3 is 6.09 Å². The third-order valence-electron chi connectivity index (χ3n) is 7.04. The molecule has 0 bridgehead atoms. The van der Waals surface area contributed by atoms with Gasteiger partial charge in [-0.05, 0) is 70.0 Å². The monoisotopic (exact) mass is 525 g/mol. The second kappa shape index (κ2) is 9.55. The predicted octanol–water partition coefficient (Wildman–Crippen LogP) is 3.99. The molecule has 0 unspecified atom stereocenters. The van der Waals surface area contributed by atoms with Gasteiger partial charge in [0.15, 0.2) is 9.84 Å². The van der Waals surface area contributed by atoms with Gasteiger partial charge in [-0.2, -0.15) is 0 Å². The number of aromatic nitrogens is 2. The van der Waals surface area contributed by atoms with Crippen molar-refractivity contribution in [1.82, 2.24) is 14.9 Å². The van der Waals surface area contributed by atoms with Crippen LogP contribution >= 0.6 is 0 Å². The number of piperazine rings is 1. The number of carbonyl (C=O) groups is 1. The minimum absolute atomic E-state index is 0.121. The van der Waals surface area contributed by atoms with Crippen LogP contribution in [0.4, 0.5) is 16.2 Å². The smallest absolute Gasteiger partial charge is 0.407 e. The largest absolute Gasteiger partial charge is 0.444 e. The summed E-state index contributed by atoms with van der Waals surface area (Å²) in [5, 5.41) is 4.07. The highest BCUT2D eigenvalue weighted by molar-refractivity contribution is 7.90. The summed E-state index contributed by atoms with van der Waals surface area (Å²) in [5.41, 5.74) is 2.62. The van der Waals surface area contributed by atoms with E-state index in [1.165, 1.54) is 6.26 Å². The summed E-state index contributed by atoms with van der Waals surface area (Å²) in [6.45, 7) is 9.02. The van der Waals surface area contributed by atoms with Crippen LogP contribution in [0, 0.1) is 0 Å². The Labute approximate surface area is 218 Å². The molecule has 1 saturated carbocycles. The van der Waals surface area contributed by atoms with Gasteiger partial charge in [-0.3, -0.25) is 0 Å². The van der Waals surface area contributed by atoms with Crippen LogP contribution in [0.25, 0.3) is 11.0 Å². The van der Waals surface area contributed by atoms with Crippen LogP contribution in [0.15, 0.2) is 53.7 Å². The number of benzene rings is 1. The first-order chi connectivity index (χ1) is 17.5. The highest BCUT2D eigenvalue weighted by Crippen LogP contribution is 2.35. The Hall–Kier alpha value is -3.27. The van der Waals surface area contributed by atoms with Crippen molar-refractivity contribution in [2.24, 2.45) is 0 Å². The Morgan fingerprint density at radius 2 is 1.62 bits per heavy atom. The van der Waals surface area contributed by atoms with Crippen molar-refractivity contribution in [3.63, 3.8) is 0 Å². The molecular weight excluding hydrogens is 490 g/mol. The van der Waals surface area contributed by atoms with E-state index in [-0.39, 0.29) is 12.1 Å². The maximum absolute atomic E-state index is 12.0. The van der Waals surface area contributed by atoms with Crippen LogP contribution in [-0.4, -0.2) is 68.1 Å². The predicted molar refractivity (Wildman–Crippen MR) is 145 cm³/mol. The van der Waals surface area contributed by atoms with Crippen LogP contribution in [0.3, 0.4) is 0 Å². The molecular formula is C27H35N5O4S. The van der Waals surface area contributed by atoms with Gasteiger partial charge in [0, 0.05) is 61.8 Å². The van der Waals surface area contributed by atoms with E-state index < -0.39 is 15.4 Å². The van der Waals surface area contributed by atoms with Crippen molar-refractivity contribution < 1.29 is 17.9 Å². The van der Waals surface area contributed by atoms with E-state index in [9.17, 15) is 13.2 Å². The highest BCUT2D eigenvalue weighted by atomic mass is 32.2. The van der Waals surface area contributed by atoms with Crippen molar-refractivity contribution >= 4 is 38.3 Å². The number of alkyl carbamates (subject to hydrolysis) is 1. The van der Waals surface area contributed by atoms with E-state index in [0.29, 0.717) is 10.9 Å². The average Bonchev–Trinajstić information content (AvgIpc) is 3.22. The van der Waals surface area contributed by atoms with Gasteiger partial charge in [0.2, 0.25) is 0 Å². The van der Waals surface area contributed by atoms with Crippen molar-refractivity contribution in [1.29, 1.82) is 0 Å². The third kappa shape index (κ3) is 5.69. The third-order valence-corrected chi connectivity index (χ3v) is 8.17. The fraction of sp³-hybridized carbons (Fsp3) is 0.481. The zero-order chi connectivity index (χ0) is 26.4. The molecule has 1 aliphatic carbocycles. The van der Waals surface area contributed by atoms with Gasteiger partial charge in [-0.25, -0.2) is 18.2 Å². The molecule has 2 aromatic heterocycles. The van der Waals surface area contributed by atoms with Crippen molar-refractivity contribution in [3.8, 4) is 0 Å². The zero-order valence-electron chi connectivity index (χ0n) is 21.8. The molecule has 1 aliphatic heterocycles. The number of ether oxygens (including phenoxy) is 1. The maximum Gasteiger partial charge on any atom is 0.407 e. The Kier molecular flexibility index (Phi) is 6.55. The minimum atomic E-state index is -3.19. The summed E-state index contributed by atoms with van der Waals surface area (Å²) in [6.07, 6.45) is 6.63. The fourth-order valence-electron chi connectivity index (χ4n) is 5.03. The molecule has 0 spiro atoms. The summed E-state index contributed by atoms with van der Waals surface area (Å²) in [5.74, 6) is 0. The summed E-state index contributed by atoms with van der Waals surface area (Å²) in [4.78, 5) is 21.8.